The SMILES string of the molecule is CNCc1ccc(OCc2ccc(I)cc2)cc1. The second kappa shape index (κ2) is 6.75. The highest BCUT2D eigenvalue weighted by atomic mass is 127. The highest BCUT2D eigenvalue weighted by molar-refractivity contribution is 14.1. The lowest BCUT2D eigenvalue weighted by molar-refractivity contribution is 0.306. The fourth-order valence-corrected chi connectivity index (χ4v) is 2.01. The molecule has 0 aliphatic carbocycles. The minimum Gasteiger partial charge on any atom is -0.489 e. The van der Waals surface area contributed by atoms with Gasteiger partial charge in [0.25, 0.3) is 0 Å². The Labute approximate surface area is 122 Å². The number of hydrogen-bond donors (Lipinski definition) is 1. The van der Waals surface area contributed by atoms with Crippen molar-refractivity contribution >= 4 is 22.6 Å². The summed E-state index contributed by atoms with van der Waals surface area (Å²) in [6.07, 6.45) is 0. The van der Waals surface area contributed by atoms with Crippen LogP contribution in [-0.2, 0) is 13.2 Å². The lowest BCUT2D eigenvalue weighted by Crippen LogP contribution is -2.04. The summed E-state index contributed by atoms with van der Waals surface area (Å²) in [7, 11) is 1.95. The average molecular weight is 353 g/mol. The van der Waals surface area contributed by atoms with Crippen LogP contribution in [0.3, 0.4) is 0 Å². The maximum atomic E-state index is 5.74. The van der Waals surface area contributed by atoms with Crippen LogP contribution in [0.2, 0.25) is 0 Å². The maximum absolute atomic E-state index is 5.74. The highest BCUT2D eigenvalue weighted by Crippen LogP contribution is 2.15. The predicted octanol–water partition coefficient (Wildman–Crippen LogP) is 3.59. The van der Waals surface area contributed by atoms with E-state index in [9.17, 15) is 0 Å². The molecule has 0 spiro atoms. The molecule has 18 heavy (non-hydrogen) atoms. The Bertz CT molecular complexity index is 479. The molecule has 0 heterocycles. The van der Waals surface area contributed by atoms with Crippen molar-refractivity contribution < 1.29 is 4.74 Å². The topological polar surface area (TPSA) is 21.3 Å². The van der Waals surface area contributed by atoms with Crippen LogP contribution in [0.4, 0.5) is 0 Å². The van der Waals surface area contributed by atoms with Crippen LogP contribution in [0, 0.1) is 3.57 Å². The second-order valence-corrected chi connectivity index (χ2v) is 5.34. The first kappa shape index (κ1) is 13.4. The van der Waals surface area contributed by atoms with Gasteiger partial charge >= 0.3 is 0 Å². The van der Waals surface area contributed by atoms with E-state index in [4.69, 9.17) is 4.74 Å². The van der Waals surface area contributed by atoms with Gasteiger partial charge < -0.3 is 10.1 Å². The predicted molar refractivity (Wildman–Crippen MR) is 82.7 cm³/mol. The molecule has 0 fully saturated rings. The van der Waals surface area contributed by atoms with Crippen molar-refractivity contribution in [3.05, 3.63) is 63.2 Å². The Morgan fingerprint density at radius 2 is 1.56 bits per heavy atom. The molecular formula is C15H16INO. The largest absolute Gasteiger partial charge is 0.489 e. The zero-order chi connectivity index (χ0) is 12.8. The minimum atomic E-state index is 0.613. The fourth-order valence-electron chi connectivity index (χ4n) is 1.65. The number of benzene rings is 2. The Balaban J connectivity index is 1.91. The first-order chi connectivity index (χ1) is 8.78. The fraction of sp³-hybridized carbons (Fsp3) is 0.200. The quantitative estimate of drug-likeness (QED) is 0.830. The van der Waals surface area contributed by atoms with Crippen molar-refractivity contribution in [2.75, 3.05) is 7.05 Å². The molecule has 0 amide bonds. The summed E-state index contributed by atoms with van der Waals surface area (Å²) in [6.45, 7) is 1.50. The molecule has 0 radical (unpaired) electrons. The minimum absolute atomic E-state index is 0.613. The first-order valence-corrected chi connectivity index (χ1v) is 6.96. The van der Waals surface area contributed by atoms with E-state index in [2.05, 4.69) is 64.3 Å². The van der Waals surface area contributed by atoms with Crippen LogP contribution in [0.25, 0.3) is 0 Å². The number of rotatable bonds is 5. The van der Waals surface area contributed by atoms with Gasteiger partial charge in [-0.05, 0) is 65.0 Å². The van der Waals surface area contributed by atoms with Crippen molar-refractivity contribution in [3.8, 4) is 5.75 Å². The Hall–Kier alpha value is -1.07. The Morgan fingerprint density at radius 1 is 0.944 bits per heavy atom. The standard InChI is InChI=1S/C15H16INO/c1-17-10-12-4-8-15(9-5-12)18-11-13-2-6-14(16)7-3-13/h2-9,17H,10-11H2,1H3. The van der Waals surface area contributed by atoms with E-state index in [-0.39, 0.29) is 0 Å². The number of ether oxygens (including phenoxy) is 1. The molecule has 0 bridgehead atoms. The molecule has 2 nitrogen and oxygen atoms in total. The van der Waals surface area contributed by atoms with E-state index < -0.39 is 0 Å². The highest BCUT2D eigenvalue weighted by Gasteiger charge is 1.97. The molecule has 2 aromatic rings. The van der Waals surface area contributed by atoms with Gasteiger partial charge in [-0.2, -0.15) is 0 Å². The van der Waals surface area contributed by atoms with E-state index in [1.54, 1.807) is 0 Å². The third kappa shape index (κ3) is 3.99. The summed E-state index contributed by atoms with van der Waals surface area (Å²) in [6, 6.07) is 16.6. The summed E-state index contributed by atoms with van der Waals surface area (Å²) in [5, 5.41) is 3.13. The second-order valence-electron chi connectivity index (χ2n) is 4.09. The van der Waals surface area contributed by atoms with Gasteiger partial charge in [-0.15, -0.1) is 0 Å². The normalized spacial score (nSPS) is 10.3. The lowest BCUT2D eigenvalue weighted by atomic mass is 10.2. The molecule has 0 aliphatic heterocycles. The Morgan fingerprint density at radius 3 is 2.17 bits per heavy atom. The molecule has 0 saturated heterocycles. The maximum Gasteiger partial charge on any atom is 0.119 e. The van der Waals surface area contributed by atoms with Gasteiger partial charge in [0.05, 0.1) is 0 Å². The van der Waals surface area contributed by atoms with Crippen LogP contribution in [0.15, 0.2) is 48.5 Å². The van der Waals surface area contributed by atoms with Gasteiger partial charge in [0.2, 0.25) is 0 Å². The molecule has 3 heteroatoms. The van der Waals surface area contributed by atoms with Crippen LogP contribution in [-0.4, -0.2) is 7.05 Å². The number of hydrogen-bond acceptors (Lipinski definition) is 2. The Kier molecular flexibility index (Phi) is 5.01. The van der Waals surface area contributed by atoms with E-state index in [0.717, 1.165) is 12.3 Å². The summed E-state index contributed by atoms with van der Waals surface area (Å²) >= 11 is 2.30. The number of halogens is 1. The monoisotopic (exact) mass is 353 g/mol. The molecule has 94 valence electrons. The average Bonchev–Trinajstić information content (AvgIpc) is 2.40. The molecule has 1 N–H and O–H groups in total. The van der Waals surface area contributed by atoms with Crippen molar-refractivity contribution in [2.45, 2.75) is 13.2 Å². The molecule has 0 saturated carbocycles. The molecule has 0 unspecified atom stereocenters. The van der Waals surface area contributed by atoms with Crippen molar-refractivity contribution in [1.29, 1.82) is 0 Å². The van der Waals surface area contributed by atoms with E-state index >= 15 is 0 Å². The summed E-state index contributed by atoms with van der Waals surface area (Å²) in [5.41, 5.74) is 2.45. The van der Waals surface area contributed by atoms with E-state index in [1.807, 2.05) is 19.2 Å². The summed E-state index contributed by atoms with van der Waals surface area (Å²) in [4.78, 5) is 0. The zero-order valence-corrected chi connectivity index (χ0v) is 12.5. The van der Waals surface area contributed by atoms with Gasteiger partial charge in [0, 0.05) is 10.1 Å². The third-order valence-electron chi connectivity index (χ3n) is 2.62. The van der Waals surface area contributed by atoms with Crippen molar-refractivity contribution in [3.63, 3.8) is 0 Å². The van der Waals surface area contributed by atoms with Gasteiger partial charge in [-0.25, -0.2) is 0 Å². The summed E-state index contributed by atoms with van der Waals surface area (Å²) in [5.74, 6) is 0.911. The van der Waals surface area contributed by atoms with Crippen LogP contribution in [0.5, 0.6) is 5.75 Å². The molecule has 2 rings (SSSR count). The van der Waals surface area contributed by atoms with Gasteiger partial charge in [0.15, 0.2) is 0 Å². The van der Waals surface area contributed by atoms with Gasteiger partial charge in [-0.3, -0.25) is 0 Å². The lowest BCUT2D eigenvalue weighted by Gasteiger charge is -2.07. The van der Waals surface area contributed by atoms with Crippen LogP contribution in [0.1, 0.15) is 11.1 Å². The van der Waals surface area contributed by atoms with Gasteiger partial charge in [-0.1, -0.05) is 24.3 Å². The van der Waals surface area contributed by atoms with Crippen molar-refractivity contribution in [2.24, 2.45) is 0 Å². The first-order valence-electron chi connectivity index (χ1n) is 5.89. The molecule has 0 atom stereocenters. The number of nitrogens with one attached hydrogen (secondary N) is 1. The van der Waals surface area contributed by atoms with Crippen LogP contribution < -0.4 is 10.1 Å². The molecule has 2 aromatic carbocycles. The van der Waals surface area contributed by atoms with Gasteiger partial charge in [0.1, 0.15) is 12.4 Å². The van der Waals surface area contributed by atoms with Crippen LogP contribution >= 0.6 is 22.6 Å². The van der Waals surface area contributed by atoms with E-state index in [0.29, 0.717) is 6.61 Å². The summed E-state index contributed by atoms with van der Waals surface area (Å²) < 4.78 is 6.99. The smallest absolute Gasteiger partial charge is 0.119 e. The third-order valence-corrected chi connectivity index (χ3v) is 3.34. The molecule has 0 aliphatic rings. The molecular weight excluding hydrogens is 337 g/mol. The molecule has 0 aromatic heterocycles. The van der Waals surface area contributed by atoms with E-state index in [1.165, 1.54) is 14.7 Å². The van der Waals surface area contributed by atoms with Crippen molar-refractivity contribution in [1.82, 2.24) is 5.32 Å². The zero-order valence-electron chi connectivity index (χ0n) is 10.3.